The van der Waals surface area contributed by atoms with Gasteiger partial charge >= 0.3 is 0 Å². The molecule has 8 nitrogen and oxygen atoms in total. The molecule has 0 bridgehead atoms. The van der Waals surface area contributed by atoms with Crippen molar-refractivity contribution in [3.63, 3.8) is 0 Å². The van der Waals surface area contributed by atoms with Crippen molar-refractivity contribution in [3.8, 4) is 5.75 Å². The number of amides is 2. The van der Waals surface area contributed by atoms with Crippen molar-refractivity contribution >= 4 is 17.5 Å². The van der Waals surface area contributed by atoms with Gasteiger partial charge in [-0.15, -0.1) is 0 Å². The first-order valence-corrected chi connectivity index (χ1v) is 11.3. The predicted octanol–water partition coefficient (Wildman–Crippen LogP) is 2.94. The van der Waals surface area contributed by atoms with Gasteiger partial charge in [-0.3, -0.25) is 19.2 Å². The van der Waals surface area contributed by atoms with Crippen LogP contribution in [0.5, 0.6) is 5.75 Å². The number of carbonyl (C=O) groups is 2. The molecular weight excluding hydrogens is 406 g/mol. The molecule has 0 radical (unpaired) electrons. The highest BCUT2D eigenvalue weighted by atomic mass is 16.5. The minimum Gasteiger partial charge on any atom is -0.497 e. The molecule has 2 aliphatic rings. The van der Waals surface area contributed by atoms with Gasteiger partial charge in [-0.2, -0.15) is 5.10 Å². The van der Waals surface area contributed by atoms with Gasteiger partial charge in [-0.1, -0.05) is 18.6 Å². The zero-order valence-electron chi connectivity index (χ0n) is 19.4. The molecule has 172 valence electrons. The maximum absolute atomic E-state index is 13.1. The molecule has 2 aliphatic heterocycles. The summed E-state index contributed by atoms with van der Waals surface area (Å²) in [7, 11) is 3.51. The van der Waals surface area contributed by atoms with Crippen molar-refractivity contribution < 1.29 is 14.3 Å². The summed E-state index contributed by atoms with van der Waals surface area (Å²) >= 11 is 0. The molecule has 0 aliphatic carbocycles. The fraction of sp³-hybridized carbons (Fsp3) is 0.542. The molecule has 0 spiro atoms. The van der Waals surface area contributed by atoms with Crippen LogP contribution in [0.2, 0.25) is 0 Å². The second-order valence-electron chi connectivity index (χ2n) is 9.21. The number of fused-ring (bicyclic) bond motifs is 1. The molecule has 3 heterocycles. The number of nitrogens with one attached hydrogen (secondary N) is 2. The number of nitrogens with zero attached hydrogens (tertiary/aromatic N) is 3. The fourth-order valence-corrected chi connectivity index (χ4v) is 5.22. The van der Waals surface area contributed by atoms with E-state index in [1.54, 1.807) is 18.0 Å². The summed E-state index contributed by atoms with van der Waals surface area (Å²) in [5, 5.41) is 10.5. The van der Waals surface area contributed by atoms with Crippen LogP contribution in [-0.4, -0.2) is 51.7 Å². The van der Waals surface area contributed by atoms with Gasteiger partial charge in [0, 0.05) is 25.6 Å². The second-order valence-corrected chi connectivity index (χ2v) is 9.21. The van der Waals surface area contributed by atoms with Crippen molar-refractivity contribution in [2.45, 2.75) is 63.6 Å². The minimum absolute atomic E-state index is 0.000699. The lowest BCUT2D eigenvalue weighted by molar-refractivity contribution is -0.123. The molecule has 0 unspecified atom stereocenters. The van der Waals surface area contributed by atoms with Crippen molar-refractivity contribution in [3.05, 3.63) is 41.7 Å². The van der Waals surface area contributed by atoms with Gasteiger partial charge in [-0.05, 0) is 50.8 Å². The third-order valence-corrected chi connectivity index (χ3v) is 7.02. The lowest BCUT2D eigenvalue weighted by Gasteiger charge is -2.38. The average Bonchev–Trinajstić information content (AvgIpc) is 3.20. The molecule has 2 fully saturated rings. The monoisotopic (exact) mass is 439 g/mol. The van der Waals surface area contributed by atoms with E-state index in [1.165, 1.54) is 0 Å². The highest BCUT2D eigenvalue weighted by Gasteiger charge is 2.51. The Labute approximate surface area is 189 Å². The molecule has 2 amide bonds. The van der Waals surface area contributed by atoms with Gasteiger partial charge in [0.15, 0.2) is 0 Å². The highest BCUT2D eigenvalue weighted by molar-refractivity contribution is 5.92. The molecule has 4 rings (SSSR count). The smallest absolute Gasteiger partial charge is 0.238 e. The second kappa shape index (κ2) is 8.94. The van der Waals surface area contributed by atoms with Crippen LogP contribution in [0.3, 0.4) is 0 Å². The molecule has 0 saturated carbocycles. The molecule has 2 saturated heterocycles. The summed E-state index contributed by atoms with van der Waals surface area (Å²) in [6, 6.07) is 8.08. The van der Waals surface area contributed by atoms with Crippen molar-refractivity contribution in [1.29, 1.82) is 0 Å². The lowest BCUT2D eigenvalue weighted by Crippen LogP contribution is -2.56. The van der Waals surface area contributed by atoms with Crippen LogP contribution >= 0.6 is 0 Å². The summed E-state index contributed by atoms with van der Waals surface area (Å²) in [5.74, 6) is 0.807. The highest BCUT2D eigenvalue weighted by Crippen LogP contribution is 2.45. The first-order chi connectivity index (χ1) is 15.3. The van der Waals surface area contributed by atoms with Crippen LogP contribution in [0.1, 0.15) is 56.3 Å². The van der Waals surface area contributed by atoms with Gasteiger partial charge in [0.05, 0.1) is 36.8 Å². The summed E-state index contributed by atoms with van der Waals surface area (Å²) in [6.45, 7) is 4.29. The maximum Gasteiger partial charge on any atom is 0.238 e. The minimum atomic E-state index is -0.393. The number of anilines is 1. The van der Waals surface area contributed by atoms with Crippen LogP contribution in [0.25, 0.3) is 0 Å². The van der Waals surface area contributed by atoms with E-state index in [-0.39, 0.29) is 30.4 Å². The Morgan fingerprint density at radius 2 is 2.19 bits per heavy atom. The third kappa shape index (κ3) is 4.37. The topological polar surface area (TPSA) is 88.5 Å². The number of aryl methyl sites for hydroxylation is 1. The van der Waals surface area contributed by atoms with Crippen molar-refractivity contribution in [1.82, 2.24) is 20.0 Å². The van der Waals surface area contributed by atoms with E-state index in [4.69, 9.17) is 4.74 Å². The van der Waals surface area contributed by atoms with Crippen molar-refractivity contribution in [2.75, 3.05) is 19.0 Å². The quantitative estimate of drug-likeness (QED) is 0.748. The largest absolute Gasteiger partial charge is 0.497 e. The Kier molecular flexibility index (Phi) is 6.24. The molecule has 32 heavy (non-hydrogen) atoms. The van der Waals surface area contributed by atoms with E-state index in [1.807, 2.05) is 32.2 Å². The standard InChI is InChI=1S/C24H33N5O3/c1-16-19(14-25-28(16)3)26-23(31)15-29-20(17-8-7-9-18(12-17)32-4)13-24(2)21(29)10-5-6-11-22(30)27-24/h7-9,12,14,20-21H,5-6,10-11,13,15H2,1-4H3,(H,26,31)(H,27,30)/t20-,21-,24-/m0/s1. The number of aromatic nitrogens is 2. The van der Waals surface area contributed by atoms with E-state index in [0.29, 0.717) is 6.42 Å². The van der Waals surface area contributed by atoms with E-state index in [0.717, 1.165) is 48.4 Å². The third-order valence-electron chi connectivity index (χ3n) is 7.02. The Balaban J connectivity index is 1.64. The van der Waals surface area contributed by atoms with Crippen LogP contribution in [-0.2, 0) is 16.6 Å². The molecule has 8 heteroatoms. The van der Waals surface area contributed by atoms with E-state index in [9.17, 15) is 9.59 Å². The molecule has 1 aromatic heterocycles. The van der Waals surface area contributed by atoms with Crippen LogP contribution in [0.4, 0.5) is 5.69 Å². The van der Waals surface area contributed by atoms with Crippen LogP contribution < -0.4 is 15.4 Å². The van der Waals surface area contributed by atoms with Gasteiger partial charge in [0.2, 0.25) is 11.8 Å². The average molecular weight is 440 g/mol. The summed E-state index contributed by atoms with van der Waals surface area (Å²) in [4.78, 5) is 27.9. The van der Waals surface area contributed by atoms with Gasteiger partial charge < -0.3 is 15.4 Å². The van der Waals surface area contributed by atoms with E-state index < -0.39 is 5.54 Å². The zero-order chi connectivity index (χ0) is 22.9. The number of carbonyl (C=O) groups excluding carboxylic acids is 2. The first kappa shape index (κ1) is 22.3. The Hall–Kier alpha value is -2.87. The van der Waals surface area contributed by atoms with Crippen LogP contribution in [0, 0.1) is 6.92 Å². The fourth-order valence-electron chi connectivity index (χ4n) is 5.22. The Morgan fingerprint density at radius 1 is 1.38 bits per heavy atom. The number of hydrogen-bond acceptors (Lipinski definition) is 5. The van der Waals surface area contributed by atoms with E-state index in [2.05, 4.69) is 33.6 Å². The molecular formula is C24H33N5O3. The lowest BCUT2D eigenvalue weighted by atomic mass is 9.85. The zero-order valence-corrected chi connectivity index (χ0v) is 19.4. The Morgan fingerprint density at radius 3 is 2.91 bits per heavy atom. The molecule has 3 atom stereocenters. The first-order valence-electron chi connectivity index (χ1n) is 11.3. The van der Waals surface area contributed by atoms with Crippen molar-refractivity contribution in [2.24, 2.45) is 7.05 Å². The number of benzene rings is 1. The number of methoxy groups -OCH3 is 1. The maximum atomic E-state index is 13.1. The summed E-state index contributed by atoms with van der Waals surface area (Å²) < 4.78 is 7.19. The predicted molar refractivity (Wildman–Crippen MR) is 122 cm³/mol. The molecule has 2 aromatic rings. The Bertz CT molecular complexity index is 1000. The summed E-state index contributed by atoms with van der Waals surface area (Å²) in [6.07, 6.45) is 5.77. The molecule has 1 aromatic carbocycles. The van der Waals surface area contributed by atoms with Gasteiger partial charge in [-0.25, -0.2) is 0 Å². The number of rotatable bonds is 5. The SMILES string of the molecule is COc1cccc([C@@H]2C[C@]3(C)NC(=O)CCCC[C@@H]3N2CC(=O)Nc2cnn(C)c2C)c1. The number of ether oxygens (including phenoxy) is 1. The molecule has 2 N–H and O–H groups in total. The summed E-state index contributed by atoms with van der Waals surface area (Å²) in [5.41, 5.74) is 2.34. The van der Waals surface area contributed by atoms with E-state index >= 15 is 0 Å². The van der Waals surface area contributed by atoms with Gasteiger partial charge in [0.25, 0.3) is 0 Å². The number of likely N-dealkylation sites (tertiary alicyclic amines) is 1. The van der Waals surface area contributed by atoms with Gasteiger partial charge in [0.1, 0.15) is 5.75 Å². The van der Waals surface area contributed by atoms with Crippen LogP contribution in [0.15, 0.2) is 30.5 Å². The normalized spacial score (nSPS) is 26.1. The number of hydrogen-bond donors (Lipinski definition) is 2.